The van der Waals surface area contributed by atoms with Crippen molar-refractivity contribution in [3.05, 3.63) is 66.5 Å². The van der Waals surface area contributed by atoms with Crippen LogP contribution in [0.25, 0.3) is 0 Å². The fourth-order valence-electron chi connectivity index (χ4n) is 2.66. The molecule has 7 heteroatoms. The Balaban J connectivity index is 1.63. The van der Waals surface area contributed by atoms with Crippen molar-refractivity contribution in [2.45, 2.75) is 38.6 Å². The molecule has 0 saturated heterocycles. The van der Waals surface area contributed by atoms with Gasteiger partial charge in [0, 0.05) is 12.2 Å². The third kappa shape index (κ3) is 6.64. The summed E-state index contributed by atoms with van der Waals surface area (Å²) in [6.07, 6.45) is 1.00. The summed E-state index contributed by atoms with van der Waals surface area (Å²) in [7, 11) is 0. The zero-order valence-corrected chi connectivity index (χ0v) is 17.6. The first-order valence-corrected chi connectivity index (χ1v) is 10.7. The number of para-hydroxylation sites is 2. The minimum absolute atomic E-state index is 0.0679. The highest BCUT2D eigenvalue weighted by Crippen LogP contribution is 2.20. The average molecular weight is 411 g/mol. The van der Waals surface area contributed by atoms with Gasteiger partial charge in [0.15, 0.2) is 11.0 Å². The number of benzene rings is 2. The summed E-state index contributed by atoms with van der Waals surface area (Å²) in [5, 5.41) is 12.2. The number of carbonyl (C=O) groups is 1. The van der Waals surface area contributed by atoms with Crippen molar-refractivity contribution in [1.29, 1.82) is 0 Å². The van der Waals surface area contributed by atoms with Crippen molar-refractivity contribution in [3.8, 4) is 5.75 Å². The number of carbonyl (C=O) groups excluding carboxylic acids is 1. The van der Waals surface area contributed by atoms with Crippen molar-refractivity contribution >= 4 is 23.4 Å². The highest BCUT2D eigenvalue weighted by molar-refractivity contribution is 7.99. The second-order valence-electron chi connectivity index (χ2n) is 7.04. The van der Waals surface area contributed by atoms with Gasteiger partial charge in [0.2, 0.25) is 5.91 Å². The van der Waals surface area contributed by atoms with Crippen LogP contribution in [0.4, 0.5) is 5.69 Å². The van der Waals surface area contributed by atoms with E-state index in [1.807, 2.05) is 60.7 Å². The van der Waals surface area contributed by atoms with Crippen LogP contribution in [0.3, 0.4) is 0 Å². The van der Waals surface area contributed by atoms with Crippen molar-refractivity contribution < 1.29 is 9.53 Å². The van der Waals surface area contributed by atoms with Crippen LogP contribution in [0, 0.1) is 5.92 Å². The molecule has 0 spiro atoms. The third-order valence-corrected chi connectivity index (χ3v) is 5.19. The van der Waals surface area contributed by atoms with Crippen LogP contribution in [-0.2, 0) is 17.9 Å². The maximum Gasteiger partial charge on any atom is 0.234 e. The van der Waals surface area contributed by atoms with Crippen molar-refractivity contribution in [2.24, 2.45) is 5.92 Å². The van der Waals surface area contributed by atoms with E-state index >= 15 is 0 Å². The Bertz CT molecular complexity index is 898. The molecule has 1 N–H and O–H groups in total. The van der Waals surface area contributed by atoms with E-state index in [2.05, 4.69) is 33.9 Å². The van der Waals surface area contributed by atoms with Crippen LogP contribution in [-0.4, -0.2) is 26.4 Å². The molecule has 1 aromatic heterocycles. The molecule has 0 fully saturated rings. The smallest absolute Gasteiger partial charge is 0.234 e. The highest BCUT2D eigenvalue weighted by atomic mass is 32.2. The molecule has 0 radical (unpaired) electrons. The van der Waals surface area contributed by atoms with Gasteiger partial charge >= 0.3 is 0 Å². The van der Waals surface area contributed by atoms with Crippen LogP contribution in [0.2, 0.25) is 0 Å². The number of amides is 1. The first-order valence-electron chi connectivity index (χ1n) is 9.69. The molecule has 2 aromatic carbocycles. The van der Waals surface area contributed by atoms with Crippen molar-refractivity contribution in [1.82, 2.24) is 14.8 Å². The van der Waals surface area contributed by atoms with E-state index in [1.54, 1.807) is 0 Å². The molecule has 29 heavy (non-hydrogen) atoms. The Morgan fingerprint density at radius 1 is 1.07 bits per heavy atom. The number of aromatic nitrogens is 3. The molecule has 3 aromatic rings. The van der Waals surface area contributed by atoms with Crippen LogP contribution in [0.5, 0.6) is 5.75 Å². The summed E-state index contributed by atoms with van der Waals surface area (Å²) in [5.74, 6) is 2.32. The molecule has 0 unspecified atom stereocenters. The average Bonchev–Trinajstić information content (AvgIpc) is 3.12. The zero-order chi connectivity index (χ0) is 20.5. The second-order valence-corrected chi connectivity index (χ2v) is 7.98. The molecule has 0 aliphatic carbocycles. The number of ether oxygens (including phenoxy) is 1. The van der Waals surface area contributed by atoms with Gasteiger partial charge in [-0.3, -0.25) is 4.79 Å². The molecule has 0 saturated carbocycles. The molecule has 0 aliphatic rings. The lowest BCUT2D eigenvalue weighted by Crippen LogP contribution is -2.15. The lowest BCUT2D eigenvalue weighted by Gasteiger charge is -2.12. The lowest BCUT2D eigenvalue weighted by molar-refractivity contribution is -0.113. The van der Waals surface area contributed by atoms with Gasteiger partial charge in [-0.15, -0.1) is 10.2 Å². The number of hydrogen-bond acceptors (Lipinski definition) is 5. The van der Waals surface area contributed by atoms with Gasteiger partial charge in [-0.25, -0.2) is 0 Å². The number of rotatable bonds is 10. The Morgan fingerprint density at radius 2 is 1.76 bits per heavy atom. The number of anilines is 1. The van der Waals surface area contributed by atoms with Gasteiger partial charge < -0.3 is 14.6 Å². The van der Waals surface area contributed by atoms with Gasteiger partial charge in [-0.2, -0.15) is 0 Å². The van der Waals surface area contributed by atoms with Crippen molar-refractivity contribution in [3.63, 3.8) is 0 Å². The normalized spacial score (nSPS) is 10.9. The summed E-state index contributed by atoms with van der Waals surface area (Å²) < 4.78 is 7.90. The number of nitrogens with zero attached hydrogens (tertiary/aromatic N) is 3. The highest BCUT2D eigenvalue weighted by Gasteiger charge is 2.15. The predicted octanol–water partition coefficient (Wildman–Crippen LogP) is 4.63. The van der Waals surface area contributed by atoms with E-state index in [4.69, 9.17) is 4.74 Å². The van der Waals surface area contributed by atoms with Crippen molar-refractivity contribution in [2.75, 3.05) is 11.1 Å². The number of thioether (sulfide) groups is 1. The monoisotopic (exact) mass is 410 g/mol. The van der Waals surface area contributed by atoms with E-state index in [-0.39, 0.29) is 11.7 Å². The lowest BCUT2D eigenvalue weighted by atomic mass is 10.1. The van der Waals surface area contributed by atoms with Crippen LogP contribution in [0.1, 0.15) is 26.1 Å². The topological polar surface area (TPSA) is 69.0 Å². The van der Waals surface area contributed by atoms with E-state index in [0.29, 0.717) is 12.5 Å². The summed E-state index contributed by atoms with van der Waals surface area (Å²) in [6.45, 7) is 5.50. The summed E-state index contributed by atoms with van der Waals surface area (Å²) in [6, 6.07) is 19.1. The Labute approximate surface area is 175 Å². The van der Waals surface area contributed by atoms with E-state index < -0.39 is 0 Å². The summed E-state index contributed by atoms with van der Waals surface area (Å²) >= 11 is 1.39. The molecular formula is C22H26N4O2S. The van der Waals surface area contributed by atoms with Gasteiger partial charge in [0.05, 0.1) is 5.75 Å². The van der Waals surface area contributed by atoms with Gasteiger partial charge in [-0.05, 0) is 36.6 Å². The van der Waals surface area contributed by atoms with Gasteiger partial charge in [-0.1, -0.05) is 62.0 Å². The molecule has 3 rings (SSSR count). The summed E-state index contributed by atoms with van der Waals surface area (Å²) in [4.78, 5) is 12.3. The summed E-state index contributed by atoms with van der Waals surface area (Å²) in [5.41, 5.74) is 0.788. The Kier molecular flexibility index (Phi) is 7.69. The molecule has 152 valence electrons. The van der Waals surface area contributed by atoms with Crippen LogP contribution >= 0.6 is 11.8 Å². The van der Waals surface area contributed by atoms with Crippen LogP contribution < -0.4 is 10.1 Å². The van der Waals surface area contributed by atoms with E-state index in [1.165, 1.54) is 11.8 Å². The number of nitrogens with one attached hydrogen (secondary N) is 1. The molecule has 1 amide bonds. The maximum atomic E-state index is 12.3. The molecule has 1 heterocycles. The Hall–Kier alpha value is -2.80. The maximum absolute atomic E-state index is 12.3. The zero-order valence-electron chi connectivity index (χ0n) is 16.7. The molecule has 0 aliphatic heterocycles. The molecule has 0 atom stereocenters. The van der Waals surface area contributed by atoms with Gasteiger partial charge in [0.1, 0.15) is 12.4 Å². The number of hydrogen-bond donors (Lipinski definition) is 1. The molecule has 0 bridgehead atoms. The fourth-order valence-corrected chi connectivity index (χ4v) is 3.44. The van der Waals surface area contributed by atoms with Gasteiger partial charge in [0.25, 0.3) is 0 Å². The Morgan fingerprint density at radius 3 is 2.45 bits per heavy atom. The van der Waals surface area contributed by atoms with E-state index in [0.717, 1.165) is 35.4 Å². The second kappa shape index (κ2) is 10.7. The first kappa shape index (κ1) is 20.9. The molecule has 6 nitrogen and oxygen atoms in total. The molecular weight excluding hydrogens is 384 g/mol. The SMILES string of the molecule is CC(C)CCn1c(COc2ccccc2)nnc1SCC(=O)Nc1ccccc1. The standard InChI is InChI=1S/C22H26N4O2S/c1-17(2)13-14-26-20(15-28-19-11-7-4-8-12-19)24-25-22(26)29-16-21(27)23-18-9-5-3-6-10-18/h3-12,17H,13-16H2,1-2H3,(H,23,27). The fraction of sp³-hybridized carbons (Fsp3) is 0.318. The quantitative estimate of drug-likeness (QED) is 0.493. The predicted molar refractivity (Wildman–Crippen MR) is 116 cm³/mol. The first-order chi connectivity index (χ1) is 14.1. The van der Waals surface area contributed by atoms with Crippen LogP contribution in [0.15, 0.2) is 65.8 Å². The minimum atomic E-state index is -0.0679. The van der Waals surface area contributed by atoms with E-state index in [9.17, 15) is 4.79 Å². The minimum Gasteiger partial charge on any atom is -0.486 e. The largest absolute Gasteiger partial charge is 0.486 e. The third-order valence-electron chi connectivity index (χ3n) is 4.22.